The first-order valence-corrected chi connectivity index (χ1v) is 8.15. The van der Waals surface area contributed by atoms with Gasteiger partial charge in [-0.25, -0.2) is 0 Å². The number of aliphatic hydroxyl groups is 1. The number of benzene rings is 1. The zero-order valence-corrected chi connectivity index (χ0v) is 13.6. The van der Waals surface area contributed by atoms with Crippen LogP contribution in [0.15, 0.2) is 18.2 Å². The van der Waals surface area contributed by atoms with Gasteiger partial charge in [-0.15, -0.1) is 0 Å². The molecule has 1 saturated carbocycles. The molecule has 3 nitrogen and oxygen atoms in total. The topological polar surface area (TPSA) is 41.5 Å². The fourth-order valence-corrected chi connectivity index (χ4v) is 3.03. The third-order valence-corrected chi connectivity index (χ3v) is 4.30. The second-order valence-electron chi connectivity index (χ2n) is 6.65. The monoisotopic (exact) mass is 291 g/mol. The van der Waals surface area contributed by atoms with Crippen molar-refractivity contribution in [2.24, 2.45) is 5.92 Å². The maximum absolute atomic E-state index is 10.0. The largest absolute Gasteiger partial charge is 0.491 e. The first-order valence-electron chi connectivity index (χ1n) is 8.15. The predicted octanol–water partition coefficient (Wildman–Crippen LogP) is 3.21. The van der Waals surface area contributed by atoms with Gasteiger partial charge in [0, 0.05) is 12.6 Å². The van der Waals surface area contributed by atoms with Gasteiger partial charge < -0.3 is 15.2 Å². The van der Waals surface area contributed by atoms with Crippen molar-refractivity contribution in [1.82, 2.24) is 5.32 Å². The maximum atomic E-state index is 10.0. The summed E-state index contributed by atoms with van der Waals surface area (Å²) < 4.78 is 5.70. The van der Waals surface area contributed by atoms with Crippen LogP contribution in [0.3, 0.4) is 0 Å². The standard InChI is InChI=1S/C18H29NO2/c1-13-4-6-16(7-5-13)19-11-17(20)12-21-18-9-14(2)8-15(3)10-18/h8-10,13,16-17,19-20H,4-7,11-12H2,1-3H3. The van der Waals surface area contributed by atoms with Crippen LogP contribution in [-0.2, 0) is 0 Å². The third kappa shape index (κ3) is 5.68. The van der Waals surface area contributed by atoms with Crippen molar-refractivity contribution in [3.63, 3.8) is 0 Å². The molecule has 0 saturated heterocycles. The van der Waals surface area contributed by atoms with Gasteiger partial charge in [0.1, 0.15) is 18.5 Å². The Kier molecular flexibility index (Phi) is 6.07. The van der Waals surface area contributed by atoms with E-state index in [2.05, 4.69) is 32.2 Å². The number of aliphatic hydroxyl groups excluding tert-OH is 1. The number of hydrogen-bond acceptors (Lipinski definition) is 3. The van der Waals surface area contributed by atoms with Crippen molar-refractivity contribution in [2.75, 3.05) is 13.2 Å². The van der Waals surface area contributed by atoms with Crippen LogP contribution in [0.4, 0.5) is 0 Å². The van der Waals surface area contributed by atoms with Crippen LogP contribution in [0.5, 0.6) is 5.75 Å². The second-order valence-corrected chi connectivity index (χ2v) is 6.65. The van der Waals surface area contributed by atoms with Gasteiger partial charge in [-0.05, 0) is 68.7 Å². The van der Waals surface area contributed by atoms with E-state index in [0.717, 1.165) is 11.7 Å². The van der Waals surface area contributed by atoms with Crippen LogP contribution in [-0.4, -0.2) is 30.4 Å². The molecule has 2 rings (SSSR count). The van der Waals surface area contributed by atoms with Crippen LogP contribution in [0.25, 0.3) is 0 Å². The summed E-state index contributed by atoms with van der Waals surface area (Å²) in [5.41, 5.74) is 2.38. The summed E-state index contributed by atoms with van der Waals surface area (Å²) in [4.78, 5) is 0. The molecule has 0 heterocycles. The minimum Gasteiger partial charge on any atom is -0.491 e. The molecule has 1 aromatic carbocycles. The van der Waals surface area contributed by atoms with E-state index >= 15 is 0 Å². The summed E-state index contributed by atoms with van der Waals surface area (Å²) in [6, 6.07) is 6.71. The highest BCUT2D eigenvalue weighted by molar-refractivity contribution is 5.32. The van der Waals surface area contributed by atoms with Crippen LogP contribution in [0, 0.1) is 19.8 Å². The van der Waals surface area contributed by atoms with Gasteiger partial charge in [0.05, 0.1) is 0 Å². The summed E-state index contributed by atoms with van der Waals surface area (Å²) in [7, 11) is 0. The van der Waals surface area contributed by atoms with Crippen LogP contribution in [0.1, 0.15) is 43.7 Å². The highest BCUT2D eigenvalue weighted by atomic mass is 16.5. The predicted molar refractivity (Wildman–Crippen MR) is 86.8 cm³/mol. The van der Waals surface area contributed by atoms with E-state index < -0.39 is 6.10 Å². The molecule has 1 aliphatic rings. The number of rotatable bonds is 6. The van der Waals surface area contributed by atoms with E-state index in [1.165, 1.54) is 36.8 Å². The zero-order chi connectivity index (χ0) is 15.2. The van der Waals surface area contributed by atoms with Crippen molar-refractivity contribution < 1.29 is 9.84 Å². The summed E-state index contributed by atoms with van der Waals surface area (Å²) in [6.45, 7) is 7.40. The van der Waals surface area contributed by atoms with Gasteiger partial charge in [0.2, 0.25) is 0 Å². The van der Waals surface area contributed by atoms with Crippen LogP contribution < -0.4 is 10.1 Å². The fraction of sp³-hybridized carbons (Fsp3) is 0.667. The molecule has 1 fully saturated rings. The molecule has 118 valence electrons. The molecular weight excluding hydrogens is 262 g/mol. The molecule has 0 spiro atoms. The maximum Gasteiger partial charge on any atom is 0.119 e. The SMILES string of the molecule is Cc1cc(C)cc(OCC(O)CNC2CCC(C)CC2)c1. The molecule has 1 atom stereocenters. The van der Waals surface area contributed by atoms with Gasteiger partial charge in [0.15, 0.2) is 0 Å². The van der Waals surface area contributed by atoms with Crippen molar-refractivity contribution in [3.8, 4) is 5.75 Å². The van der Waals surface area contributed by atoms with Crippen molar-refractivity contribution in [3.05, 3.63) is 29.3 Å². The van der Waals surface area contributed by atoms with E-state index in [4.69, 9.17) is 4.74 Å². The van der Waals surface area contributed by atoms with E-state index in [1.807, 2.05) is 12.1 Å². The summed E-state index contributed by atoms with van der Waals surface area (Å²) in [5.74, 6) is 1.71. The molecule has 21 heavy (non-hydrogen) atoms. The van der Waals surface area contributed by atoms with Gasteiger partial charge in [-0.3, -0.25) is 0 Å². The lowest BCUT2D eigenvalue weighted by Gasteiger charge is -2.27. The number of ether oxygens (including phenoxy) is 1. The van der Waals surface area contributed by atoms with Gasteiger partial charge in [0.25, 0.3) is 0 Å². The lowest BCUT2D eigenvalue weighted by Crippen LogP contribution is -2.39. The smallest absolute Gasteiger partial charge is 0.119 e. The average Bonchev–Trinajstić information content (AvgIpc) is 2.43. The Hall–Kier alpha value is -1.06. The molecule has 1 unspecified atom stereocenters. The van der Waals surface area contributed by atoms with Gasteiger partial charge >= 0.3 is 0 Å². The molecule has 0 aliphatic heterocycles. The fourth-order valence-electron chi connectivity index (χ4n) is 3.03. The molecule has 3 heteroatoms. The van der Waals surface area contributed by atoms with Crippen molar-refractivity contribution in [2.45, 2.75) is 58.6 Å². The minimum absolute atomic E-state index is 0.346. The molecule has 0 bridgehead atoms. The molecule has 0 aromatic heterocycles. The first kappa shape index (κ1) is 16.3. The Bertz CT molecular complexity index is 419. The molecule has 0 amide bonds. The normalized spacial score (nSPS) is 23.8. The Morgan fingerprint density at radius 1 is 1.14 bits per heavy atom. The highest BCUT2D eigenvalue weighted by Crippen LogP contribution is 2.23. The minimum atomic E-state index is -0.454. The van der Waals surface area contributed by atoms with E-state index in [0.29, 0.717) is 19.2 Å². The zero-order valence-electron chi connectivity index (χ0n) is 13.6. The van der Waals surface area contributed by atoms with Gasteiger partial charge in [-0.2, -0.15) is 0 Å². The Balaban J connectivity index is 1.68. The third-order valence-electron chi connectivity index (χ3n) is 4.30. The van der Waals surface area contributed by atoms with Crippen molar-refractivity contribution >= 4 is 0 Å². The van der Waals surface area contributed by atoms with E-state index in [1.54, 1.807) is 0 Å². The molecule has 0 radical (unpaired) electrons. The highest BCUT2D eigenvalue weighted by Gasteiger charge is 2.18. The number of nitrogens with one attached hydrogen (secondary N) is 1. The average molecular weight is 291 g/mol. The first-order chi connectivity index (χ1) is 10.0. The lowest BCUT2D eigenvalue weighted by molar-refractivity contribution is 0.101. The van der Waals surface area contributed by atoms with Gasteiger partial charge in [-0.1, -0.05) is 13.0 Å². The van der Waals surface area contributed by atoms with E-state index in [-0.39, 0.29) is 0 Å². The summed E-state index contributed by atoms with van der Waals surface area (Å²) in [6.07, 6.45) is 4.60. The number of hydrogen-bond donors (Lipinski definition) is 2. The lowest BCUT2D eigenvalue weighted by atomic mass is 9.87. The molecular formula is C18H29NO2. The Labute approximate surface area is 128 Å². The van der Waals surface area contributed by atoms with Crippen LogP contribution >= 0.6 is 0 Å². The number of aryl methyl sites for hydroxylation is 2. The quantitative estimate of drug-likeness (QED) is 0.845. The second kappa shape index (κ2) is 7.81. The summed E-state index contributed by atoms with van der Waals surface area (Å²) >= 11 is 0. The van der Waals surface area contributed by atoms with E-state index in [9.17, 15) is 5.11 Å². The summed E-state index contributed by atoms with van der Waals surface area (Å²) in [5, 5.41) is 13.5. The molecule has 1 aromatic rings. The van der Waals surface area contributed by atoms with Crippen molar-refractivity contribution in [1.29, 1.82) is 0 Å². The Morgan fingerprint density at radius 2 is 1.76 bits per heavy atom. The Morgan fingerprint density at radius 3 is 2.38 bits per heavy atom. The molecule has 1 aliphatic carbocycles. The molecule has 2 N–H and O–H groups in total. The van der Waals surface area contributed by atoms with Crippen LogP contribution in [0.2, 0.25) is 0 Å².